The molecule has 252 valence electrons. The highest BCUT2D eigenvalue weighted by molar-refractivity contribution is 5.91. The molecule has 5 rings (SSSR count). The Balaban J connectivity index is 1.66. The molecule has 2 aliphatic rings. The molecule has 0 aliphatic carbocycles. The number of phenolic OH excluding ortho intramolecular Hbond substituents is 3. The Morgan fingerprint density at radius 2 is 1.28 bits per heavy atom. The molecule has 10 atom stereocenters. The third kappa shape index (κ3) is 5.75. The number of ether oxygens (including phenoxy) is 5. The summed E-state index contributed by atoms with van der Waals surface area (Å²) in [6, 6.07) is 4.26. The second kappa shape index (κ2) is 13.0. The summed E-state index contributed by atoms with van der Waals surface area (Å²) >= 11 is 0. The molecular formula is C28H32O18. The van der Waals surface area contributed by atoms with Crippen molar-refractivity contribution in [2.24, 2.45) is 0 Å². The molecule has 3 aromatic rings. The molecule has 46 heavy (non-hydrogen) atoms. The van der Waals surface area contributed by atoms with E-state index in [0.717, 1.165) is 25.3 Å². The first-order chi connectivity index (χ1) is 21.8. The summed E-state index contributed by atoms with van der Waals surface area (Å²) < 4.78 is 33.1. The number of aliphatic hydroxyl groups excluding tert-OH is 8. The van der Waals surface area contributed by atoms with Gasteiger partial charge < -0.3 is 84.3 Å². The van der Waals surface area contributed by atoms with Crippen LogP contribution in [0.5, 0.6) is 34.5 Å². The lowest BCUT2D eigenvalue weighted by atomic mass is 9.99. The van der Waals surface area contributed by atoms with E-state index in [9.17, 15) is 61.0 Å². The van der Waals surface area contributed by atoms with Crippen molar-refractivity contribution in [1.29, 1.82) is 0 Å². The van der Waals surface area contributed by atoms with Gasteiger partial charge in [-0.2, -0.15) is 0 Å². The molecule has 11 N–H and O–H groups in total. The molecule has 1 aromatic heterocycles. The predicted molar refractivity (Wildman–Crippen MR) is 148 cm³/mol. The molecule has 0 spiro atoms. The van der Waals surface area contributed by atoms with Gasteiger partial charge in [0.1, 0.15) is 59.8 Å². The van der Waals surface area contributed by atoms with Crippen LogP contribution >= 0.6 is 0 Å². The van der Waals surface area contributed by atoms with E-state index in [1.807, 2.05) is 0 Å². The minimum absolute atomic E-state index is 0.0967. The Hall–Kier alpha value is -3.95. The Bertz CT molecular complexity index is 1620. The summed E-state index contributed by atoms with van der Waals surface area (Å²) in [7, 11) is 1.08. The van der Waals surface area contributed by atoms with Gasteiger partial charge in [0.15, 0.2) is 28.8 Å². The maximum Gasteiger partial charge on any atom is 0.239 e. The molecular weight excluding hydrogens is 624 g/mol. The van der Waals surface area contributed by atoms with Crippen LogP contribution in [0.25, 0.3) is 22.3 Å². The monoisotopic (exact) mass is 656 g/mol. The molecule has 0 bridgehead atoms. The lowest BCUT2D eigenvalue weighted by molar-refractivity contribution is -0.277. The second-order valence-electron chi connectivity index (χ2n) is 10.6. The second-order valence-corrected chi connectivity index (χ2v) is 10.6. The van der Waals surface area contributed by atoms with Crippen molar-refractivity contribution >= 4 is 11.0 Å². The summed E-state index contributed by atoms with van der Waals surface area (Å²) in [6.45, 7) is -1.58. The molecule has 0 saturated carbocycles. The Labute approximate surface area is 257 Å². The number of benzene rings is 2. The topological polar surface area (TPSA) is 299 Å². The van der Waals surface area contributed by atoms with Crippen LogP contribution in [0, 0.1) is 0 Å². The van der Waals surface area contributed by atoms with Gasteiger partial charge in [0.2, 0.25) is 29.5 Å². The summed E-state index contributed by atoms with van der Waals surface area (Å²) in [5, 5.41) is 111. The third-order valence-corrected chi connectivity index (χ3v) is 7.65. The van der Waals surface area contributed by atoms with Gasteiger partial charge in [0.05, 0.1) is 20.3 Å². The van der Waals surface area contributed by atoms with Crippen molar-refractivity contribution in [2.75, 3.05) is 20.3 Å². The molecule has 2 aromatic carbocycles. The van der Waals surface area contributed by atoms with Gasteiger partial charge in [0.25, 0.3) is 0 Å². The van der Waals surface area contributed by atoms with E-state index in [1.165, 1.54) is 6.07 Å². The molecule has 2 saturated heterocycles. The number of hydrogen-bond donors (Lipinski definition) is 11. The van der Waals surface area contributed by atoms with Gasteiger partial charge in [-0.05, 0) is 18.2 Å². The molecule has 2 fully saturated rings. The number of phenols is 3. The minimum Gasteiger partial charge on any atom is -0.504 e. The molecule has 5 unspecified atom stereocenters. The maximum absolute atomic E-state index is 14.0. The number of rotatable bonds is 8. The fourth-order valence-electron chi connectivity index (χ4n) is 5.09. The van der Waals surface area contributed by atoms with Gasteiger partial charge in [-0.1, -0.05) is 0 Å². The average molecular weight is 657 g/mol. The fourth-order valence-corrected chi connectivity index (χ4v) is 5.09. The smallest absolute Gasteiger partial charge is 0.239 e. The molecule has 0 amide bonds. The van der Waals surface area contributed by atoms with Crippen molar-refractivity contribution in [3.63, 3.8) is 0 Å². The van der Waals surface area contributed by atoms with Gasteiger partial charge in [-0.3, -0.25) is 4.79 Å². The van der Waals surface area contributed by atoms with E-state index in [4.69, 9.17) is 28.1 Å². The molecule has 18 nitrogen and oxygen atoms in total. The minimum atomic E-state index is -1.97. The van der Waals surface area contributed by atoms with Crippen LogP contribution < -0.4 is 19.6 Å². The summed E-state index contributed by atoms with van der Waals surface area (Å²) in [5.74, 6) is -4.25. The van der Waals surface area contributed by atoms with Crippen molar-refractivity contribution in [3.8, 4) is 45.8 Å². The normalized spacial score (nSPS) is 31.5. The molecule has 2 aliphatic heterocycles. The maximum atomic E-state index is 14.0. The number of fused-ring (bicyclic) bond motifs is 1. The zero-order chi connectivity index (χ0) is 33.6. The van der Waals surface area contributed by atoms with Crippen LogP contribution in [-0.4, -0.2) is 138 Å². The molecule has 0 radical (unpaired) electrons. The van der Waals surface area contributed by atoms with Gasteiger partial charge in [-0.15, -0.1) is 0 Å². The van der Waals surface area contributed by atoms with Crippen LogP contribution in [0.1, 0.15) is 0 Å². The Morgan fingerprint density at radius 1 is 0.717 bits per heavy atom. The van der Waals surface area contributed by atoms with Crippen molar-refractivity contribution in [3.05, 3.63) is 34.5 Å². The van der Waals surface area contributed by atoms with Crippen molar-refractivity contribution in [2.45, 2.75) is 61.4 Å². The summed E-state index contributed by atoms with van der Waals surface area (Å²) in [5.41, 5.74) is -1.65. The van der Waals surface area contributed by atoms with Crippen LogP contribution in [0.3, 0.4) is 0 Å². The quantitative estimate of drug-likeness (QED) is 0.107. The van der Waals surface area contributed by atoms with E-state index in [1.54, 1.807) is 0 Å². The lowest BCUT2D eigenvalue weighted by Crippen LogP contribution is -2.60. The highest BCUT2D eigenvalue weighted by Gasteiger charge is 2.47. The largest absolute Gasteiger partial charge is 0.504 e. The van der Waals surface area contributed by atoms with E-state index in [-0.39, 0.29) is 5.56 Å². The standard InChI is InChI=1S/C28H32O18/c1-41-25-12(43-27-22(39)20(37)16(33)13(6-29)44-27)5-11-15(18(25)35)19(36)26(24(42-11)8-2-3-9(31)10(32)4-8)46-28-23(40)21(38)17(34)14(7-30)45-28/h2-5,13-14,16-17,20-23,27-35,37-40H,6-7H2,1H3/t13?,14?,16-,17-,20+,21?,22?,23?,27-,28+/m1/s1. The highest BCUT2D eigenvalue weighted by atomic mass is 16.7. The van der Waals surface area contributed by atoms with Gasteiger partial charge >= 0.3 is 0 Å². The van der Waals surface area contributed by atoms with Crippen LogP contribution in [-0.2, 0) is 9.47 Å². The average Bonchev–Trinajstić information content (AvgIpc) is 3.03. The van der Waals surface area contributed by atoms with Gasteiger partial charge in [-0.25, -0.2) is 0 Å². The Kier molecular flexibility index (Phi) is 9.47. The Morgan fingerprint density at radius 3 is 1.80 bits per heavy atom. The van der Waals surface area contributed by atoms with E-state index >= 15 is 0 Å². The number of methoxy groups -OCH3 is 1. The third-order valence-electron chi connectivity index (χ3n) is 7.65. The van der Waals surface area contributed by atoms with Crippen LogP contribution in [0.15, 0.2) is 33.5 Å². The molecule has 18 heteroatoms. The summed E-state index contributed by atoms with van der Waals surface area (Å²) in [6.07, 6.45) is -17.4. The lowest BCUT2D eigenvalue weighted by Gasteiger charge is -2.39. The van der Waals surface area contributed by atoms with Crippen molar-refractivity contribution in [1.82, 2.24) is 0 Å². The predicted octanol–water partition coefficient (Wildman–Crippen LogP) is -3.06. The first-order valence-corrected chi connectivity index (χ1v) is 13.7. The number of hydrogen-bond acceptors (Lipinski definition) is 18. The van der Waals surface area contributed by atoms with E-state index < -0.39 is 131 Å². The zero-order valence-corrected chi connectivity index (χ0v) is 23.8. The first kappa shape index (κ1) is 33.4. The van der Waals surface area contributed by atoms with Crippen LogP contribution in [0.4, 0.5) is 0 Å². The van der Waals surface area contributed by atoms with E-state index in [2.05, 4.69) is 0 Å². The van der Waals surface area contributed by atoms with Gasteiger partial charge in [0, 0.05) is 11.6 Å². The SMILES string of the molecule is COc1c(O[C@@H]2OC(CO)[C@@H](O)[C@H](O)C2O)cc2oc(-c3ccc(O)c(O)c3)c(O[C@@H]3OC(CO)[C@@H](O)C(O)C3O)c(=O)c2c1O. The highest BCUT2D eigenvalue weighted by Crippen LogP contribution is 2.46. The van der Waals surface area contributed by atoms with E-state index in [0.29, 0.717) is 0 Å². The fraction of sp³-hybridized carbons (Fsp3) is 0.464. The van der Waals surface area contributed by atoms with Crippen molar-refractivity contribution < 1.29 is 84.3 Å². The zero-order valence-electron chi connectivity index (χ0n) is 23.8. The number of aromatic hydroxyl groups is 3. The molecule has 3 heterocycles. The van der Waals surface area contributed by atoms with Crippen LogP contribution in [0.2, 0.25) is 0 Å². The first-order valence-electron chi connectivity index (χ1n) is 13.7. The number of aliphatic hydroxyl groups is 8. The summed E-state index contributed by atoms with van der Waals surface area (Å²) in [4.78, 5) is 14.0.